The van der Waals surface area contributed by atoms with E-state index < -0.39 is 21.8 Å². The van der Waals surface area contributed by atoms with Crippen molar-refractivity contribution in [1.29, 1.82) is 0 Å². The van der Waals surface area contributed by atoms with Gasteiger partial charge in [0, 0.05) is 31.9 Å². The van der Waals surface area contributed by atoms with E-state index in [1.807, 2.05) is 0 Å². The molecule has 2 fully saturated rings. The Balaban J connectivity index is 1.48. The Morgan fingerprint density at radius 1 is 1.09 bits per heavy atom. The molecule has 4 rings (SSSR count). The van der Waals surface area contributed by atoms with E-state index in [1.54, 1.807) is 18.7 Å². The lowest BCUT2D eigenvalue weighted by molar-refractivity contribution is -0.131. The highest BCUT2D eigenvalue weighted by Crippen LogP contribution is 2.28. The van der Waals surface area contributed by atoms with Crippen molar-refractivity contribution in [3.8, 4) is 0 Å². The predicted molar refractivity (Wildman–Crippen MR) is 124 cm³/mol. The van der Waals surface area contributed by atoms with E-state index >= 15 is 0 Å². The summed E-state index contributed by atoms with van der Waals surface area (Å²) in [7, 11) is -3.91. The van der Waals surface area contributed by atoms with Crippen LogP contribution in [0.2, 0.25) is 0 Å². The number of nitrogens with zero attached hydrogens (tertiary/aromatic N) is 4. The number of carbonyl (C=O) groups is 2. The first-order chi connectivity index (χ1) is 16.2. The first kappa shape index (κ1) is 24.3. The number of benzene rings is 1. The monoisotopic (exact) mass is 491 g/mol. The molecule has 11 heteroatoms. The predicted octanol–water partition coefficient (Wildman–Crippen LogP) is 2.30. The third kappa shape index (κ3) is 5.00. The van der Waals surface area contributed by atoms with E-state index in [1.165, 1.54) is 33.3 Å². The summed E-state index contributed by atoms with van der Waals surface area (Å²) >= 11 is 0. The summed E-state index contributed by atoms with van der Waals surface area (Å²) in [4.78, 5) is 27.2. The molecule has 9 nitrogen and oxygen atoms in total. The molecule has 0 unspecified atom stereocenters. The molecule has 1 N–H and O–H groups in total. The van der Waals surface area contributed by atoms with Gasteiger partial charge in [0.2, 0.25) is 21.8 Å². The minimum Gasteiger partial charge on any atom is -0.341 e. The Kier molecular flexibility index (Phi) is 7.04. The Labute approximate surface area is 199 Å². The summed E-state index contributed by atoms with van der Waals surface area (Å²) in [6.07, 6.45) is 3.06. The second-order valence-corrected chi connectivity index (χ2v) is 10.8. The molecule has 2 aliphatic heterocycles. The normalized spacial score (nSPS) is 19.4. The van der Waals surface area contributed by atoms with Crippen LogP contribution in [0.15, 0.2) is 29.2 Å². The minimum atomic E-state index is -3.91. The third-order valence-corrected chi connectivity index (χ3v) is 8.64. The van der Waals surface area contributed by atoms with Gasteiger partial charge in [-0.1, -0.05) is 0 Å². The fourth-order valence-electron chi connectivity index (χ4n) is 4.68. The average Bonchev–Trinajstić information content (AvgIpc) is 3.44. The van der Waals surface area contributed by atoms with Gasteiger partial charge in [-0.3, -0.25) is 14.3 Å². The number of halogens is 1. The van der Waals surface area contributed by atoms with Crippen LogP contribution in [-0.4, -0.2) is 65.4 Å². The fraction of sp³-hybridized carbons (Fsp3) is 0.522. The van der Waals surface area contributed by atoms with Crippen molar-refractivity contribution < 1.29 is 22.4 Å². The Morgan fingerprint density at radius 2 is 1.76 bits per heavy atom. The molecule has 0 saturated carbocycles. The molecule has 1 atom stereocenters. The third-order valence-electron chi connectivity index (χ3n) is 6.52. The molecule has 3 heterocycles. The van der Waals surface area contributed by atoms with E-state index in [0.717, 1.165) is 25.9 Å². The van der Waals surface area contributed by atoms with Crippen molar-refractivity contribution in [1.82, 2.24) is 19.0 Å². The number of carbonyl (C=O) groups excluding carboxylic acids is 2. The van der Waals surface area contributed by atoms with Gasteiger partial charge in [-0.15, -0.1) is 0 Å². The molecular formula is C23H30FN5O4S. The zero-order valence-corrected chi connectivity index (χ0v) is 20.3. The maximum absolute atomic E-state index is 13.6. The summed E-state index contributed by atoms with van der Waals surface area (Å²) < 4.78 is 43.0. The van der Waals surface area contributed by atoms with Crippen molar-refractivity contribution in [3.63, 3.8) is 0 Å². The van der Waals surface area contributed by atoms with E-state index in [9.17, 15) is 22.4 Å². The Hall–Kier alpha value is -2.79. The number of piperidine rings is 1. The number of anilines is 1. The number of aromatic nitrogens is 2. The van der Waals surface area contributed by atoms with Gasteiger partial charge in [0.1, 0.15) is 17.3 Å². The quantitative estimate of drug-likeness (QED) is 0.668. The number of likely N-dealkylation sites (tertiary alicyclic amines) is 1. The Bertz CT molecular complexity index is 1170. The maximum Gasteiger partial charge on any atom is 0.246 e. The zero-order valence-electron chi connectivity index (χ0n) is 19.5. The van der Waals surface area contributed by atoms with Crippen LogP contribution in [-0.2, 0) is 26.2 Å². The van der Waals surface area contributed by atoms with Gasteiger partial charge in [-0.05, 0) is 63.8 Å². The van der Waals surface area contributed by atoms with Crippen molar-refractivity contribution in [2.45, 2.75) is 51.0 Å². The van der Waals surface area contributed by atoms with Gasteiger partial charge in [0.05, 0.1) is 17.3 Å². The SMILES string of the molecule is Cc1nn(CC(=O)N2CCCC2)c(C)c1S(=O)(=O)N1CCC[C@H](C(=O)Nc2ccc(F)cc2)C1. The number of amides is 2. The van der Waals surface area contributed by atoms with Gasteiger partial charge in [0.25, 0.3) is 0 Å². The largest absolute Gasteiger partial charge is 0.341 e. The summed E-state index contributed by atoms with van der Waals surface area (Å²) in [5.41, 5.74) is 1.22. The van der Waals surface area contributed by atoms with Crippen LogP contribution in [0.5, 0.6) is 0 Å². The van der Waals surface area contributed by atoms with Crippen LogP contribution >= 0.6 is 0 Å². The lowest BCUT2D eigenvalue weighted by atomic mass is 9.99. The fourth-order valence-corrected chi connectivity index (χ4v) is 6.58. The first-order valence-electron chi connectivity index (χ1n) is 11.5. The van der Waals surface area contributed by atoms with Crippen LogP contribution in [0, 0.1) is 25.6 Å². The standard InChI is InChI=1S/C23H30FN5O4S/c1-16-22(17(2)29(26-16)15-21(30)27-11-3-4-12-27)34(32,33)28-13-5-6-18(14-28)23(31)25-20-9-7-19(24)8-10-20/h7-10,18H,3-6,11-15H2,1-2H3,(H,25,31)/t18-/m0/s1. The summed E-state index contributed by atoms with van der Waals surface area (Å²) in [5.74, 6) is -1.29. The molecule has 2 aliphatic rings. The zero-order chi connectivity index (χ0) is 24.5. The molecule has 0 spiro atoms. The topological polar surface area (TPSA) is 105 Å². The van der Waals surface area contributed by atoms with E-state index in [4.69, 9.17) is 0 Å². The summed E-state index contributed by atoms with van der Waals surface area (Å²) in [6.45, 7) is 5.08. The number of sulfonamides is 1. The first-order valence-corrected chi connectivity index (χ1v) is 13.0. The molecule has 2 aromatic rings. The molecular weight excluding hydrogens is 461 g/mol. The van der Waals surface area contributed by atoms with Gasteiger partial charge >= 0.3 is 0 Å². The van der Waals surface area contributed by atoms with Gasteiger partial charge in [0.15, 0.2) is 0 Å². The van der Waals surface area contributed by atoms with Crippen molar-refractivity contribution >= 4 is 27.5 Å². The molecule has 2 saturated heterocycles. The number of hydrogen-bond donors (Lipinski definition) is 1. The second kappa shape index (κ2) is 9.83. The lowest BCUT2D eigenvalue weighted by Crippen LogP contribution is -2.44. The van der Waals surface area contributed by atoms with E-state index in [2.05, 4.69) is 10.4 Å². The molecule has 1 aromatic carbocycles. The molecule has 2 amide bonds. The molecule has 0 aliphatic carbocycles. The number of hydrogen-bond acceptors (Lipinski definition) is 5. The highest BCUT2D eigenvalue weighted by molar-refractivity contribution is 7.89. The van der Waals surface area contributed by atoms with Gasteiger partial charge in [-0.25, -0.2) is 12.8 Å². The van der Waals surface area contributed by atoms with Crippen molar-refractivity contribution in [2.75, 3.05) is 31.5 Å². The minimum absolute atomic E-state index is 0.00486. The van der Waals surface area contributed by atoms with Gasteiger partial charge in [-0.2, -0.15) is 9.40 Å². The highest BCUT2D eigenvalue weighted by Gasteiger charge is 2.36. The van der Waals surface area contributed by atoms with Crippen molar-refractivity contribution in [3.05, 3.63) is 41.5 Å². The Morgan fingerprint density at radius 3 is 2.44 bits per heavy atom. The van der Waals surface area contributed by atoms with Crippen LogP contribution in [0.4, 0.5) is 10.1 Å². The average molecular weight is 492 g/mol. The van der Waals surface area contributed by atoms with Crippen LogP contribution in [0.3, 0.4) is 0 Å². The molecule has 0 bridgehead atoms. The van der Waals surface area contributed by atoms with E-state index in [0.29, 0.717) is 36.5 Å². The van der Waals surface area contributed by atoms with Crippen LogP contribution in [0.25, 0.3) is 0 Å². The summed E-state index contributed by atoms with van der Waals surface area (Å²) in [5, 5.41) is 7.09. The van der Waals surface area contributed by atoms with Crippen molar-refractivity contribution in [2.24, 2.45) is 5.92 Å². The number of aryl methyl sites for hydroxylation is 1. The molecule has 0 radical (unpaired) electrons. The molecule has 1 aromatic heterocycles. The van der Waals surface area contributed by atoms with E-state index in [-0.39, 0.29) is 29.8 Å². The molecule has 184 valence electrons. The lowest BCUT2D eigenvalue weighted by Gasteiger charge is -2.31. The molecule has 34 heavy (non-hydrogen) atoms. The van der Waals surface area contributed by atoms with Crippen LogP contribution < -0.4 is 5.32 Å². The van der Waals surface area contributed by atoms with Crippen LogP contribution in [0.1, 0.15) is 37.1 Å². The second-order valence-electron chi connectivity index (χ2n) is 8.94. The highest BCUT2D eigenvalue weighted by atomic mass is 32.2. The van der Waals surface area contributed by atoms with Gasteiger partial charge < -0.3 is 10.2 Å². The maximum atomic E-state index is 13.6. The number of nitrogens with one attached hydrogen (secondary N) is 1. The number of rotatable bonds is 6. The summed E-state index contributed by atoms with van der Waals surface area (Å²) in [6, 6.07) is 5.44. The smallest absolute Gasteiger partial charge is 0.246 e.